The first-order valence-corrected chi connectivity index (χ1v) is 12.1. The molecule has 0 spiro atoms. The summed E-state index contributed by atoms with van der Waals surface area (Å²) in [7, 11) is -2.24. The Morgan fingerprint density at radius 3 is 1.47 bits per heavy atom. The van der Waals surface area contributed by atoms with E-state index in [0.717, 1.165) is 12.1 Å². The van der Waals surface area contributed by atoms with E-state index in [1.165, 1.54) is 0 Å². The fourth-order valence-electron chi connectivity index (χ4n) is 1.01. The summed E-state index contributed by atoms with van der Waals surface area (Å²) in [5.41, 5.74) is 0. The molecule has 15 heavy (non-hydrogen) atoms. The minimum atomic E-state index is -0.757. The molecule has 0 bridgehead atoms. The van der Waals surface area contributed by atoms with Crippen LogP contribution in [-0.4, -0.2) is 33.6 Å². The van der Waals surface area contributed by atoms with E-state index in [9.17, 15) is 0 Å². The summed E-state index contributed by atoms with van der Waals surface area (Å²) in [6.45, 7) is 12.4. The highest BCUT2D eigenvalue weighted by Gasteiger charge is 2.20. The van der Waals surface area contributed by atoms with Crippen LogP contribution in [0.15, 0.2) is 0 Å². The van der Waals surface area contributed by atoms with Crippen LogP contribution in [-0.2, 0) is 13.3 Å². The van der Waals surface area contributed by atoms with Gasteiger partial charge in [-0.2, -0.15) is 0 Å². The van der Waals surface area contributed by atoms with Gasteiger partial charge in [0.1, 0.15) is 0 Å². The molecule has 6 heteroatoms. The molecule has 0 fully saturated rings. The number of hydrogen-bond acceptors (Lipinski definition) is 3. The molecule has 0 aliphatic rings. The molecular formula is C9H23O3Si3. The zero-order chi connectivity index (χ0) is 11.8. The van der Waals surface area contributed by atoms with Crippen molar-refractivity contribution in [1.29, 1.82) is 0 Å². The molecule has 89 valence electrons. The Bertz CT molecular complexity index is 142. The molecule has 0 unspecified atom stereocenters. The second kappa shape index (κ2) is 8.66. The van der Waals surface area contributed by atoms with E-state index >= 15 is 0 Å². The molecule has 0 aromatic carbocycles. The van der Waals surface area contributed by atoms with Gasteiger partial charge < -0.3 is 13.3 Å². The molecule has 3 radical (unpaired) electrons. The van der Waals surface area contributed by atoms with Gasteiger partial charge in [-0.25, -0.2) is 0 Å². The lowest BCUT2D eigenvalue weighted by Crippen LogP contribution is -2.35. The van der Waals surface area contributed by atoms with Crippen molar-refractivity contribution in [2.24, 2.45) is 0 Å². The van der Waals surface area contributed by atoms with E-state index in [2.05, 4.69) is 40.0 Å². The fourth-order valence-corrected chi connectivity index (χ4v) is 3.46. The number of rotatable bonds is 8. The van der Waals surface area contributed by atoms with Crippen LogP contribution in [0.3, 0.4) is 0 Å². The van der Waals surface area contributed by atoms with Crippen molar-refractivity contribution in [1.82, 2.24) is 0 Å². The van der Waals surface area contributed by atoms with Gasteiger partial charge >= 0.3 is 0 Å². The lowest BCUT2D eigenvalue weighted by Gasteiger charge is -2.25. The molecule has 0 atom stereocenters. The maximum absolute atomic E-state index is 5.88. The van der Waals surface area contributed by atoms with Crippen LogP contribution in [0.1, 0.15) is 13.8 Å². The van der Waals surface area contributed by atoms with Gasteiger partial charge in [-0.1, -0.05) is 13.8 Å². The molecule has 0 rings (SSSR count). The van der Waals surface area contributed by atoms with Crippen molar-refractivity contribution < 1.29 is 13.3 Å². The standard InChI is InChI=1S/C9H23O3Si3/c1-7-15(8-2)12-9(10-13(3)4)11-14(5)6/h9H,7-8H2,1-6H3. The SMILES string of the molecule is CC[Si](CC)OC(O[Si](C)C)O[Si](C)C. The Morgan fingerprint density at radius 2 is 1.20 bits per heavy atom. The van der Waals surface area contributed by atoms with Crippen molar-refractivity contribution in [2.45, 2.75) is 58.6 Å². The van der Waals surface area contributed by atoms with Crippen LogP contribution in [0.2, 0.25) is 38.3 Å². The predicted octanol–water partition coefficient (Wildman–Crippen LogP) is 2.85. The molecule has 0 saturated heterocycles. The van der Waals surface area contributed by atoms with Crippen LogP contribution >= 0.6 is 0 Å². The maximum Gasteiger partial charge on any atom is 0.242 e. The van der Waals surface area contributed by atoms with Gasteiger partial charge in [0.15, 0.2) is 0 Å². The van der Waals surface area contributed by atoms with Crippen molar-refractivity contribution in [3.8, 4) is 0 Å². The lowest BCUT2D eigenvalue weighted by molar-refractivity contribution is -0.148. The zero-order valence-corrected chi connectivity index (χ0v) is 13.7. The first-order valence-electron chi connectivity index (χ1n) is 5.44. The normalized spacial score (nSPS) is 12.4. The largest absolute Gasteiger partial charge is 0.373 e. The van der Waals surface area contributed by atoms with Gasteiger partial charge in [-0.3, -0.25) is 0 Å². The van der Waals surface area contributed by atoms with Crippen LogP contribution in [0, 0.1) is 0 Å². The first kappa shape index (κ1) is 15.5. The van der Waals surface area contributed by atoms with Crippen molar-refractivity contribution in [3.63, 3.8) is 0 Å². The second-order valence-electron chi connectivity index (χ2n) is 3.70. The zero-order valence-electron chi connectivity index (χ0n) is 10.7. The van der Waals surface area contributed by atoms with Gasteiger partial charge in [0, 0.05) is 0 Å². The van der Waals surface area contributed by atoms with Gasteiger partial charge in [0.2, 0.25) is 33.6 Å². The third-order valence-electron chi connectivity index (χ3n) is 1.72. The molecular weight excluding hydrogens is 240 g/mol. The summed E-state index contributed by atoms with van der Waals surface area (Å²) in [6, 6.07) is 2.21. The Labute approximate surface area is 99.3 Å². The van der Waals surface area contributed by atoms with E-state index in [1.807, 2.05) is 0 Å². The predicted molar refractivity (Wildman–Crippen MR) is 68.7 cm³/mol. The van der Waals surface area contributed by atoms with E-state index in [4.69, 9.17) is 13.3 Å². The Balaban J connectivity index is 4.09. The van der Waals surface area contributed by atoms with Gasteiger partial charge in [-0.05, 0) is 38.3 Å². The molecule has 0 aromatic rings. The van der Waals surface area contributed by atoms with Gasteiger partial charge in [-0.15, -0.1) is 0 Å². The highest BCUT2D eigenvalue weighted by atomic mass is 28.3. The van der Waals surface area contributed by atoms with Crippen molar-refractivity contribution in [3.05, 3.63) is 0 Å². The monoisotopic (exact) mass is 263 g/mol. The molecule has 3 nitrogen and oxygen atoms in total. The van der Waals surface area contributed by atoms with Crippen LogP contribution < -0.4 is 0 Å². The molecule has 0 heterocycles. The highest BCUT2D eigenvalue weighted by molar-refractivity contribution is 6.52. The summed E-state index contributed by atoms with van der Waals surface area (Å²) in [5, 5.41) is 0. The van der Waals surface area contributed by atoms with Gasteiger partial charge in [0.05, 0.1) is 0 Å². The Kier molecular flexibility index (Phi) is 8.96. The fraction of sp³-hybridized carbons (Fsp3) is 1.00. The van der Waals surface area contributed by atoms with E-state index in [0.29, 0.717) is 0 Å². The third kappa shape index (κ3) is 8.35. The quantitative estimate of drug-likeness (QED) is 0.498. The molecule has 0 aliphatic heterocycles. The average molecular weight is 264 g/mol. The van der Waals surface area contributed by atoms with Crippen LogP contribution in [0.25, 0.3) is 0 Å². The molecule has 0 saturated carbocycles. The van der Waals surface area contributed by atoms with Crippen LogP contribution in [0.4, 0.5) is 0 Å². The first-order chi connectivity index (χ1) is 6.99. The Morgan fingerprint density at radius 1 is 0.800 bits per heavy atom. The van der Waals surface area contributed by atoms with E-state index in [-0.39, 0.29) is 0 Å². The average Bonchev–Trinajstić information content (AvgIpc) is 2.11. The van der Waals surface area contributed by atoms with E-state index in [1.54, 1.807) is 0 Å². The summed E-state index contributed by atoms with van der Waals surface area (Å²) in [5.74, 6) is 0. The molecule has 0 aromatic heterocycles. The minimum Gasteiger partial charge on any atom is -0.373 e. The smallest absolute Gasteiger partial charge is 0.242 e. The Hall–Kier alpha value is 0.531. The lowest BCUT2D eigenvalue weighted by atomic mass is 11.0. The van der Waals surface area contributed by atoms with E-state index < -0.39 is 33.6 Å². The summed E-state index contributed by atoms with van der Waals surface area (Å²) >= 11 is 0. The highest BCUT2D eigenvalue weighted by Crippen LogP contribution is 2.09. The van der Waals surface area contributed by atoms with Crippen molar-refractivity contribution in [2.75, 3.05) is 0 Å². The summed E-state index contributed by atoms with van der Waals surface area (Å²) in [6.07, 6.45) is 0. The topological polar surface area (TPSA) is 27.7 Å². The molecule has 0 N–H and O–H groups in total. The van der Waals surface area contributed by atoms with Crippen molar-refractivity contribution >= 4 is 27.1 Å². The summed E-state index contributed by atoms with van der Waals surface area (Å²) < 4.78 is 17.3. The summed E-state index contributed by atoms with van der Waals surface area (Å²) in [4.78, 5) is 0. The third-order valence-corrected chi connectivity index (χ3v) is 5.15. The molecule has 0 aliphatic carbocycles. The van der Waals surface area contributed by atoms with Crippen LogP contribution in [0.5, 0.6) is 0 Å². The minimum absolute atomic E-state index is 0.397. The second-order valence-corrected chi connectivity index (χ2v) is 10.5. The van der Waals surface area contributed by atoms with Gasteiger partial charge in [0.25, 0.3) is 0 Å². The maximum atomic E-state index is 5.88. The molecule has 0 amide bonds. The number of hydrogen-bond donors (Lipinski definition) is 0.